The highest BCUT2D eigenvalue weighted by Crippen LogP contribution is 2.16. The van der Waals surface area contributed by atoms with Crippen LogP contribution in [-0.4, -0.2) is 30.4 Å². The predicted molar refractivity (Wildman–Crippen MR) is 82.1 cm³/mol. The molecule has 2 N–H and O–H groups in total. The Hall–Kier alpha value is -2.41. The molecule has 0 aliphatic carbocycles. The Morgan fingerprint density at radius 2 is 1.95 bits per heavy atom. The van der Waals surface area contributed by atoms with Crippen LogP contribution in [0.3, 0.4) is 0 Å². The van der Waals surface area contributed by atoms with E-state index < -0.39 is 0 Å². The first-order chi connectivity index (χ1) is 10.1. The minimum absolute atomic E-state index is 0.138. The van der Waals surface area contributed by atoms with Crippen LogP contribution in [0.25, 0.3) is 5.65 Å². The monoisotopic (exact) mass is 303 g/mol. The number of hydrogen-bond donors (Lipinski definition) is 2. The second kappa shape index (κ2) is 5.53. The van der Waals surface area contributed by atoms with Crippen molar-refractivity contribution in [3.05, 3.63) is 36.0 Å². The Labute approximate surface area is 126 Å². The van der Waals surface area contributed by atoms with Crippen molar-refractivity contribution in [2.75, 3.05) is 10.6 Å². The summed E-state index contributed by atoms with van der Waals surface area (Å²) in [7, 11) is 0. The molecule has 108 valence electrons. The van der Waals surface area contributed by atoms with Crippen LogP contribution in [0.5, 0.6) is 0 Å². The zero-order chi connectivity index (χ0) is 14.8. The number of nitrogens with zero attached hydrogens (tertiary/aromatic N) is 5. The Bertz CT molecular complexity index is 768. The Balaban J connectivity index is 1.87. The number of rotatable bonds is 4. The number of pyridine rings is 1. The van der Waals surface area contributed by atoms with Crippen molar-refractivity contribution in [2.24, 2.45) is 0 Å². The third kappa shape index (κ3) is 3.19. The lowest BCUT2D eigenvalue weighted by Crippen LogP contribution is -2.14. The number of aromatic nitrogens is 5. The maximum atomic E-state index is 5.92. The summed E-state index contributed by atoms with van der Waals surface area (Å²) in [4.78, 5) is 16.6. The van der Waals surface area contributed by atoms with Crippen LogP contribution in [0.2, 0.25) is 5.28 Å². The average Bonchev–Trinajstić information content (AvgIpc) is 2.84. The van der Waals surface area contributed by atoms with Gasteiger partial charge in [0.05, 0.1) is 5.69 Å². The van der Waals surface area contributed by atoms with Gasteiger partial charge in [-0.1, -0.05) is 0 Å². The third-order valence-electron chi connectivity index (χ3n) is 2.67. The fraction of sp³-hybridized carbons (Fsp3) is 0.231. The quantitative estimate of drug-likeness (QED) is 0.771. The highest BCUT2D eigenvalue weighted by atomic mass is 35.5. The van der Waals surface area contributed by atoms with E-state index in [1.807, 2.05) is 42.8 Å². The second-order valence-corrected chi connectivity index (χ2v) is 5.12. The van der Waals surface area contributed by atoms with E-state index in [0.717, 1.165) is 11.3 Å². The molecular formula is C13H14ClN7. The lowest BCUT2D eigenvalue weighted by molar-refractivity contribution is 0.868. The Morgan fingerprint density at radius 3 is 2.76 bits per heavy atom. The third-order valence-corrected chi connectivity index (χ3v) is 2.84. The first-order valence-corrected chi connectivity index (χ1v) is 6.86. The zero-order valence-electron chi connectivity index (χ0n) is 11.6. The average molecular weight is 304 g/mol. The van der Waals surface area contributed by atoms with Crippen LogP contribution in [0, 0.1) is 0 Å². The van der Waals surface area contributed by atoms with Gasteiger partial charge in [0.15, 0.2) is 0 Å². The molecule has 3 rings (SSSR count). The van der Waals surface area contributed by atoms with Crippen molar-refractivity contribution in [3.63, 3.8) is 0 Å². The van der Waals surface area contributed by atoms with Crippen molar-refractivity contribution in [3.8, 4) is 0 Å². The van der Waals surface area contributed by atoms with Crippen LogP contribution in [-0.2, 0) is 0 Å². The normalized spacial score (nSPS) is 11.0. The molecule has 0 aromatic carbocycles. The molecule has 0 spiro atoms. The standard InChI is InChI=1S/C13H14ClN7/c1-8(2)16-12-18-11(14)19-13(20-12)17-9-3-4-10-15-5-6-21(10)7-9/h3-8H,1-2H3,(H2,16,17,18,19,20). The summed E-state index contributed by atoms with van der Waals surface area (Å²) in [5.41, 5.74) is 1.70. The highest BCUT2D eigenvalue weighted by Gasteiger charge is 2.07. The van der Waals surface area contributed by atoms with Gasteiger partial charge in [-0.2, -0.15) is 15.0 Å². The summed E-state index contributed by atoms with van der Waals surface area (Å²) in [5.74, 6) is 0.828. The molecule has 0 saturated carbocycles. The molecular weight excluding hydrogens is 290 g/mol. The van der Waals surface area contributed by atoms with Gasteiger partial charge in [-0.15, -0.1) is 0 Å². The lowest BCUT2D eigenvalue weighted by atomic mass is 10.4. The van der Waals surface area contributed by atoms with Gasteiger partial charge in [0.2, 0.25) is 17.2 Å². The van der Waals surface area contributed by atoms with E-state index in [1.54, 1.807) is 6.20 Å². The van der Waals surface area contributed by atoms with E-state index in [-0.39, 0.29) is 11.3 Å². The van der Waals surface area contributed by atoms with Gasteiger partial charge >= 0.3 is 0 Å². The molecule has 21 heavy (non-hydrogen) atoms. The molecule has 3 aromatic heterocycles. The Kier molecular flexibility index (Phi) is 3.57. The van der Waals surface area contributed by atoms with Gasteiger partial charge in [0, 0.05) is 24.6 Å². The zero-order valence-corrected chi connectivity index (χ0v) is 12.3. The topological polar surface area (TPSA) is 80.0 Å². The molecule has 8 heteroatoms. The number of anilines is 3. The van der Waals surface area contributed by atoms with Crippen LogP contribution < -0.4 is 10.6 Å². The molecule has 0 fully saturated rings. The van der Waals surface area contributed by atoms with Crippen LogP contribution in [0.15, 0.2) is 30.7 Å². The van der Waals surface area contributed by atoms with Gasteiger partial charge in [0.1, 0.15) is 5.65 Å². The molecule has 0 aliphatic heterocycles. The minimum atomic E-state index is 0.138. The molecule has 0 atom stereocenters. The molecule has 0 aliphatic rings. The molecule has 0 saturated heterocycles. The maximum Gasteiger partial charge on any atom is 0.233 e. The molecule has 7 nitrogen and oxygen atoms in total. The Morgan fingerprint density at radius 1 is 1.14 bits per heavy atom. The maximum absolute atomic E-state index is 5.92. The van der Waals surface area contributed by atoms with E-state index >= 15 is 0 Å². The SMILES string of the molecule is CC(C)Nc1nc(Cl)nc(Nc2ccc3nccn3c2)n1. The summed E-state index contributed by atoms with van der Waals surface area (Å²) < 4.78 is 1.90. The van der Waals surface area contributed by atoms with Crippen molar-refractivity contribution in [1.29, 1.82) is 0 Å². The first-order valence-electron chi connectivity index (χ1n) is 6.48. The molecule has 0 bridgehead atoms. The lowest BCUT2D eigenvalue weighted by Gasteiger charge is -2.10. The van der Waals surface area contributed by atoms with Gasteiger partial charge in [0.25, 0.3) is 0 Å². The minimum Gasteiger partial charge on any atom is -0.352 e. The molecule has 0 unspecified atom stereocenters. The number of fused-ring (bicyclic) bond motifs is 1. The predicted octanol–water partition coefficient (Wildman–Crippen LogP) is 2.74. The fourth-order valence-corrected chi connectivity index (χ4v) is 2.01. The first kappa shape index (κ1) is 13.6. The van der Waals surface area contributed by atoms with Crippen molar-refractivity contribution in [1.82, 2.24) is 24.3 Å². The number of halogens is 1. The molecule has 0 radical (unpaired) electrons. The van der Waals surface area contributed by atoms with E-state index in [2.05, 4.69) is 30.6 Å². The number of hydrogen-bond acceptors (Lipinski definition) is 6. The fourth-order valence-electron chi connectivity index (χ4n) is 1.85. The highest BCUT2D eigenvalue weighted by molar-refractivity contribution is 6.28. The smallest absolute Gasteiger partial charge is 0.233 e. The molecule has 3 aromatic rings. The summed E-state index contributed by atoms with van der Waals surface area (Å²) >= 11 is 5.92. The number of nitrogens with one attached hydrogen (secondary N) is 2. The van der Waals surface area contributed by atoms with Crippen molar-refractivity contribution < 1.29 is 0 Å². The van der Waals surface area contributed by atoms with Gasteiger partial charge in [-0.3, -0.25) is 0 Å². The van der Waals surface area contributed by atoms with Crippen LogP contribution in [0.1, 0.15) is 13.8 Å². The number of imidazole rings is 1. The van der Waals surface area contributed by atoms with Gasteiger partial charge in [-0.25, -0.2) is 4.98 Å². The summed E-state index contributed by atoms with van der Waals surface area (Å²) in [5, 5.41) is 6.34. The van der Waals surface area contributed by atoms with E-state index in [9.17, 15) is 0 Å². The summed E-state index contributed by atoms with van der Waals surface area (Å²) in [6.45, 7) is 4.00. The van der Waals surface area contributed by atoms with Gasteiger partial charge in [-0.05, 0) is 37.6 Å². The van der Waals surface area contributed by atoms with Crippen molar-refractivity contribution in [2.45, 2.75) is 19.9 Å². The summed E-state index contributed by atoms with van der Waals surface area (Å²) in [6.07, 6.45) is 5.51. The molecule has 0 amide bonds. The van der Waals surface area contributed by atoms with Crippen molar-refractivity contribution >= 4 is 34.8 Å². The molecule has 3 heterocycles. The van der Waals surface area contributed by atoms with E-state index in [4.69, 9.17) is 11.6 Å². The van der Waals surface area contributed by atoms with Crippen LogP contribution in [0.4, 0.5) is 17.6 Å². The second-order valence-electron chi connectivity index (χ2n) is 4.79. The van der Waals surface area contributed by atoms with E-state index in [1.165, 1.54) is 0 Å². The summed E-state index contributed by atoms with van der Waals surface area (Å²) in [6, 6.07) is 4.01. The largest absolute Gasteiger partial charge is 0.352 e. The van der Waals surface area contributed by atoms with Gasteiger partial charge < -0.3 is 15.0 Å². The van der Waals surface area contributed by atoms with Crippen LogP contribution >= 0.6 is 11.6 Å². The van der Waals surface area contributed by atoms with E-state index in [0.29, 0.717) is 11.9 Å².